The molecule has 0 aliphatic carbocycles. The van der Waals surface area contributed by atoms with E-state index in [9.17, 15) is 19.5 Å². The number of carboxylic acids is 1. The van der Waals surface area contributed by atoms with Crippen LogP contribution in [0, 0.1) is 0 Å². The second-order valence-electron chi connectivity index (χ2n) is 4.28. The Morgan fingerprint density at radius 2 is 1.94 bits per heavy atom. The zero-order valence-electron chi connectivity index (χ0n) is 9.70. The topological polar surface area (TPSA) is 74.7 Å². The van der Waals surface area contributed by atoms with Crippen LogP contribution in [0.1, 0.15) is 12.0 Å². The lowest BCUT2D eigenvalue weighted by molar-refractivity contribution is -0.148. The lowest BCUT2D eigenvalue weighted by Gasteiger charge is -2.23. The fourth-order valence-electron chi connectivity index (χ4n) is 2.06. The van der Waals surface area contributed by atoms with Crippen LogP contribution in [0.5, 0.6) is 0 Å². The molecule has 1 aromatic rings. The number of benzene rings is 1. The molecule has 0 bridgehead atoms. The van der Waals surface area contributed by atoms with Gasteiger partial charge in [-0.2, -0.15) is 0 Å². The standard InChI is InChI=1S/C13H13NO4/c15-10-7-12(16)14(8-10)11(13(17)18)6-9-4-2-1-3-5-9/h1-5,11H,6-8H2,(H,17,18)/t11-/m0/s1. The molecule has 5 heteroatoms. The zero-order valence-corrected chi connectivity index (χ0v) is 9.70. The fourth-order valence-corrected chi connectivity index (χ4v) is 2.06. The number of amides is 1. The van der Waals surface area contributed by atoms with E-state index in [0.29, 0.717) is 0 Å². The zero-order chi connectivity index (χ0) is 13.1. The van der Waals surface area contributed by atoms with Crippen LogP contribution >= 0.6 is 0 Å². The van der Waals surface area contributed by atoms with E-state index >= 15 is 0 Å². The lowest BCUT2D eigenvalue weighted by atomic mass is 10.1. The largest absolute Gasteiger partial charge is 0.480 e. The molecule has 1 amide bonds. The third-order valence-corrected chi connectivity index (χ3v) is 2.95. The molecule has 1 aliphatic heterocycles. The molecule has 1 fully saturated rings. The van der Waals surface area contributed by atoms with E-state index in [1.54, 1.807) is 12.1 Å². The van der Waals surface area contributed by atoms with Crippen molar-refractivity contribution in [2.45, 2.75) is 18.9 Å². The van der Waals surface area contributed by atoms with Crippen LogP contribution in [0.4, 0.5) is 0 Å². The Hall–Kier alpha value is -2.17. The van der Waals surface area contributed by atoms with Gasteiger partial charge in [0.25, 0.3) is 0 Å². The maximum atomic E-state index is 11.6. The fraction of sp³-hybridized carbons (Fsp3) is 0.308. The van der Waals surface area contributed by atoms with Gasteiger partial charge in [0.1, 0.15) is 6.04 Å². The minimum absolute atomic E-state index is 0.0946. The normalized spacial score (nSPS) is 17.0. The van der Waals surface area contributed by atoms with Crippen LogP contribution in [0.3, 0.4) is 0 Å². The van der Waals surface area contributed by atoms with Gasteiger partial charge in [-0.25, -0.2) is 4.79 Å². The minimum Gasteiger partial charge on any atom is -0.480 e. The summed E-state index contributed by atoms with van der Waals surface area (Å²) in [6.45, 7) is -0.0946. The Morgan fingerprint density at radius 3 is 2.44 bits per heavy atom. The van der Waals surface area contributed by atoms with Crippen molar-refractivity contribution in [3.8, 4) is 0 Å². The quantitative estimate of drug-likeness (QED) is 0.785. The third-order valence-electron chi connectivity index (χ3n) is 2.95. The van der Waals surface area contributed by atoms with Crippen molar-refractivity contribution in [2.75, 3.05) is 6.54 Å². The Bertz CT molecular complexity index is 483. The average molecular weight is 247 g/mol. The van der Waals surface area contributed by atoms with Crippen LogP contribution in [0.25, 0.3) is 0 Å². The molecule has 0 unspecified atom stereocenters. The lowest BCUT2D eigenvalue weighted by Crippen LogP contribution is -2.43. The molecule has 18 heavy (non-hydrogen) atoms. The first-order valence-corrected chi connectivity index (χ1v) is 5.66. The van der Waals surface area contributed by atoms with Crippen molar-refractivity contribution in [3.63, 3.8) is 0 Å². The molecule has 0 radical (unpaired) electrons. The molecule has 1 saturated heterocycles. The smallest absolute Gasteiger partial charge is 0.326 e. The SMILES string of the molecule is O=C1CC(=O)N([C@@H](Cc2ccccc2)C(=O)O)C1. The Kier molecular flexibility index (Phi) is 3.41. The van der Waals surface area contributed by atoms with Crippen molar-refractivity contribution in [1.82, 2.24) is 4.90 Å². The van der Waals surface area contributed by atoms with E-state index in [0.717, 1.165) is 10.5 Å². The van der Waals surface area contributed by atoms with E-state index in [2.05, 4.69) is 0 Å². The Balaban J connectivity index is 2.17. The number of ketones is 1. The molecule has 0 saturated carbocycles. The summed E-state index contributed by atoms with van der Waals surface area (Å²) in [5.74, 6) is -1.70. The summed E-state index contributed by atoms with van der Waals surface area (Å²) in [7, 11) is 0. The van der Waals surface area contributed by atoms with Gasteiger partial charge in [0.2, 0.25) is 5.91 Å². The Morgan fingerprint density at radius 1 is 1.28 bits per heavy atom. The van der Waals surface area contributed by atoms with Gasteiger partial charge in [-0.1, -0.05) is 30.3 Å². The molecular weight excluding hydrogens is 234 g/mol. The predicted octanol–water partition coefficient (Wildman–Crippen LogP) is 0.484. The van der Waals surface area contributed by atoms with Crippen molar-refractivity contribution < 1.29 is 19.5 Å². The van der Waals surface area contributed by atoms with E-state index in [1.807, 2.05) is 18.2 Å². The van der Waals surface area contributed by atoms with Gasteiger partial charge in [0, 0.05) is 6.42 Å². The van der Waals surface area contributed by atoms with Crippen molar-refractivity contribution in [1.29, 1.82) is 0 Å². The summed E-state index contributed by atoms with van der Waals surface area (Å²) in [4.78, 5) is 35.1. The van der Waals surface area contributed by atoms with Crippen LogP contribution in [0.15, 0.2) is 30.3 Å². The molecule has 0 spiro atoms. The maximum absolute atomic E-state index is 11.6. The van der Waals surface area contributed by atoms with E-state index in [1.165, 1.54) is 0 Å². The molecular formula is C13H13NO4. The number of carbonyl (C=O) groups is 3. The van der Waals surface area contributed by atoms with Gasteiger partial charge in [0.05, 0.1) is 13.0 Å². The monoisotopic (exact) mass is 247 g/mol. The molecule has 1 aliphatic rings. The summed E-state index contributed by atoms with van der Waals surface area (Å²) < 4.78 is 0. The van der Waals surface area contributed by atoms with Crippen LogP contribution in [-0.4, -0.2) is 40.3 Å². The molecule has 1 atom stereocenters. The van der Waals surface area contributed by atoms with E-state index in [4.69, 9.17) is 0 Å². The molecule has 0 aromatic heterocycles. The molecule has 1 aromatic carbocycles. The number of carboxylic acid groups (broad SMARTS) is 1. The highest BCUT2D eigenvalue weighted by molar-refractivity contribution is 6.06. The van der Waals surface area contributed by atoms with Gasteiger partial charge >= 0.3 is 5.97 Å². The van der Waals surface area contributed by atoms with Crippen molar-refractivity contribution in [3.05, 3.63) is 35.9 Å². The first-order chi connectivity index (χ1) is 8.58. The predicted molar refractivity (Wildman–Crippen MR) is 62.9 cm³/mol. The first-order valence-electron chi connectivity index (χ1n) is 5.66. The van der Waals surface area contributed by atoms with Gasteiger partial charge in [-0.3, -0.25) is 9.59 Å². The number of nitrogens with zero attached hydrogens (tertiary/aromatic N) is 1. The van der Waals surface area contributed by atoms with Crippen molar-refractivity contribution >= 4 is 17.7 Å². The number of hydrogen-bond donors (Lipinski definition) is 1. The van der Waals surface area contributed by atoms with E-state index in [-0.39, 0.29) is 25.2 Å². The summed E-state index contributed by atoms with van der Waals surface area (Å²) in [6.07, 6.45) is 0.0355. The summed E-state index contributed by atoms with van der Waals surface area (Å²) in [6, 6.07) is 8.10. The van der Waals surface area contributed by atoms with Gasteiger partial charge in [0.15, 0.2) is 5.78 Å². The van der Waals surface area contributed by atoms with Crippen LogP contribution < -0.4 is 0 Å². The number of aliphatic carboxylic acids is 1. The minimum atomic E-state index is -1.08. The maximum Gasteiger partial charge on any atom is 0.326 e. The highest BCUT2D eigenvalue weighted by atomic mass is 16.4. The number of hydrogen-bond acceptors (Lipinski definition) is 3. The number of likely N-dealkylation sites (tertiary alicyclic amines) is 1. The molecule has 1 N–H and O–H groups in total. The first kappa shape index (κ1) is 12.3. The van der Waals surface area contributed by atoms with E-state index < -0.39 is 17.9 Å². The van der Waals surface area contributed by atoms with Crippen molar-refractivity contribution in [2.24, 2.45) is 0 Å². The molecule has 2 rings (SSSR count). The van der Waals surface area contributed by atoms with Crippen LogP contribution in [-0.2, 0) is 20.8 Å². The number of Topliss-reactive ketones (excluding diaryl/α,β-unsaturated/α-hetero) is 1. The average Bonchev–Trinajstić information content (AvgIpc) is 2.66. The highest BCUT2D eigenvalue weighted by Crippen LogP contribution is 2.15. The molecule has 5 nitrogen and oxygen atoms in total. The van der Waals surface area contributed by atoms with Crippen LogP contribution in [0.2, 0.25) is 0 Å². The van der Waals surface area contributed by atoms with Gasteiger partial charge < -0.3 is 10.0 Å². The van der Waals surface area contributed by atoms with Gasteiger partial charge in [-0.05, 0) is 5.56 Å². The van der Waals surface area contributed by atoms with Gasteiger partial charge in [-0.15, -0.1) is 0 Å². The molecule has 94 valence electrons. The number of rotatable bonds is 4. The Labute approximate surface area is 104 Å². The summed E-state index contributed by atoms with van der Waals surface area (Å²) in [5.41, 5.74) is 0.831. The highest BCUT2D eigenvalue weighted by Gasteiger charge is 2.36. The summed E-state index contributed by atoms with van der Waals surface area (Å²) in [5, 5.41) is 9.19. The summed E-state index contributed by atoms with van der Waals surface area (Å²) >= 11 is 0. The molecule has 1 heterocycles. The second kappa shape index (κ2) is 5.00. The third kappa shape index (κ3) is 2.56. The second-order valence-corrected chi connectivity index (χ2v) is 4.28. The number of carbonyl (C=O) groups excluding carboxylic acids is 2.